The Morgan fingerprint density at radius 1 is 1.33 bits per heavy atom. The van der Waals surface area contributed by atoms with E-state index in [2.05, 4.69) is 26.2 Å². The van der Waals surface area contributed by atoms with Crippen LogP contribution < -0.4 is 10.9 Å². The highest BCUT2D eigenvalue weighted by atomic mass is 79.9. The van der Waals surface area contributed by atoms with Crippen molar-refractivity contribution in [2.75, 3.05) is 11.9 Å². The summed E-state index contributed by atoms with van der Waals surface area (Å²) >= 11 is 3.10. The third kappa shape index (κ3) is 4.26. The fourth-order valence-electron chi connectivity index (χ4n) is 1.70. The molecule has 0 aliphatic heterocycles. The molecule has 24 heavy (non-hydrogen) atoms. The van der Waals surface area contributed by atoms with Gasteiger partial charge in [-0.15, -0.1) is 0 Å². The van der Waals surface area contributed by atoms with Gasteiger partial charge in [-0.1, -0.05) is 0 Å². The highest BCUT2D eigenvalue weighted by Gasteiger charge is 2.15. The molecule has 10 heteroatoms. The molecule has 1 heterocycles. The van der Waals surface area contributed by atoms with Gasteiger partial charge in [0, 0.05) is 22.8 Å². The number of nitro benzene ring substituents is 1. The minimum Gasteiger partial charge on any atom is -0.452 e. The summed E-state index contributed by atoms with van der Waals surface area (Å²) in [4.78, 5) is 47.3. The number of esters is 1. The lowest BCUT2D eigenvalue weighted by Gasteiger charge is -2.08. The van der Waals surface area contributed by atoms with Crippen LogP contribution in [0.15, 0.2) is 45.8 Å². The second-order valence-corrected chi connectivity index (χ2v) is 5.31. The number of amides is 1. The molecule has 9 nitrogen and oxygen atoms in total. The number of carbonyl (C=O) groups is 2. The van der Waals surface area contributed by atoms with Crippen molar-refractivity contribution in [3.05, 3.63) is 67.0 Å². The van der Waals surface area contributed by atoms with Gasteiger partial charge in [-0.2, -0.15) is 0 Å². The molecule has 0 saturated carbocycles. The first-order valence-electron chi connectivity index (χ1n) is 6.47. The zero-order chi connectivity index (χ0) is 17.7. The smallest absolute Gasteiger partial charge is 0.344 e. The van der Waals surface area contributed by atoms with Gasteiger partial charge in [0.05, 0.1) is 10.6 Å². The molecule has 1 aromatic carbocycles. The second kappa shape index (κ2) is 7.51. The number of pyridine rings is 1. The van der Waals surface area contributed by atoms with Crippen molar-refractivity contribution in [3.8, 4) is 0 Å². The fraction of sp³-hybridized carbons (Fsp3) is 0.0714. The molecule has 2 rings (SSSR count). The molecule has 2 N–H and O–H groups in total. The first-order valence-corrected chi connectivity index (χ1v) is 7.26. The van der Waals surface area contributed by atoms with Crippen LogP contribution in [0.5, 0.6) is 0 Å². The zero-order valence-corrected chi connectivity index (χ0v) is 13.5. The van der Waals surface area contributed by atoms with E-state index in [1.54, 1.807) is 0 Å². The number of rotatable bonds is 5. The summed E-state index contributed by atoms with van der Waals surface area (Å²) in [6.07, 6.45) is 1.36. The summed E-state index contributed by atoms with van der Waals surface area (Å²) in [6.45, 7) is -0.614. The first-order chi connectivity index (χ1) is 11.4. The molecule has 0 spiro atoms. The van der Waals surface area contributed by atoms with Crippen LogP contribution in [0.4, 0.5) is 11.4 Å². The van der Waals surface area contributed by atoms with Crippen molar-refractivity contribution in [1.82, 2.24) is 4.98 Å². The third-order valence-electron chi connectivity index (χ3n) is 2.81. The van der Waals surface area contributed by atoms with E-state index in [9.17, 15) is 24.5 Å². The van der Waals surface area contributed by atoms with E-state index in [1.165, 1.54) is 36.5 Å². The maximum atomic E-state index is 11.8. The summed E-state index contributed by atoms with van der Waals surface area (Å²) in [5.41, 5.74) is -0.711. The Balaban J connectivity index is 1.97. The number of nitrogens with one attached hydrogen (secondary N) is 2. The molecule has 0 aliphatic carbocycles. The van der Waals surface area contributed by atoms with Crippen LogP contribution in [0.1, 0.15) is 10.4 Å². The Bertz CT molecular complexity index is 864. The number of non-ortho nitro benzene ring substituents is 1. The number of halogens is 1. The molecule has 0 unspecified atom stereocenters. The minimum atomic E-state index is -0.935. The normalized spacial score (nSPS) is 10.0. The lowest BCUT2D eigenvalue weighted by atomic mass is 10.3. The summed E-state index contributed by atoms with van der Waals surface area (Å²) in [5, 5.41) is 13.1. The number of H-pyrrole nitrogens is 1. The van der Waals surface area contributed by atoms with Crippen LogP contribution in [0.3, 0.4) is 0 Å². The third-order valence-corrected chi connectivity index (χ3v) is 3.47. The largest absolute Gasteiger partial charge is 0.452 e. The van der Waals surface area contributed by atoms with Gasteiger partial charge in [-0.3, -0.25) is 19.7 Å². The molecular formula is C14H10BrN3O6. The van der Waals surface area contributed by atoms with E-state index >= 15 is 0 Å². The number of benzene rings is 1. The molecule has 0 atom stereocenters. The predicted molar refractivity (Wildman–Crippen MR) is 86.8 cm³/mol. The standard InChI is InChI=1S/C14H10BrN3O6/c15-10-6-8(18(22)23)3-4-11(10)17-12(19)7-24-14(21)9-2-1-5-16-13(9)20/h1-6H,7H2,(H,16,20)(H,17,19). The lowest BCUT2D eigenvalue weighted by Crippen LogP contribution is -2.24. The van der Waals surface area contributed by atoms with E-state index in [0.717, 1.165) is 0 Å². The van der Waals surface area contributed by atoms with Crippen molar-refractivity contribution >= 4 is 39.2 Å². The van der Waals surface area contributed by atoms with Crippen molar-refractivity contribution in [3.63, 3.8) is 0 Å². The van der Waals surface area contributed by atoms with Gasteiger partial charge >= 0.3 is 5.97 Å². The van der Waals surface area contributed by atoms with E-state index in [0.29, 0.717) is 4.47 Å². The highest BCUT2D eigenvalue weighted by molar-refractivity contribution is 9.10. The molecule has 0 saturated heterocycles. The molecule has 0 aliphatic rings. The molecule has 1 amide bonds. The summed E-state index contributed by atoms with van der Waals surface area (Å²) in [7, 11) is 0. The Morgan fingerprint density at radius 2 is 2.08 bits per heavy atom. The second-order valence-electron chi connectivity index (χ2n) is 4.46. The van der Waals surface area contributed by atoms with Gasteiger partial charge in [-0.05, 0) is 34.1 Å². The van der Waals surface area contributed by atoms with Crippen molar-refractivity contribution in [2.24, 2.45) is 0 Å². The van der Waals surface area contributed by atoms with Crippen LogP contribution in [0.25, 0.3) is 0 Å². The number of anilines is 1. The average molecular weight is 396 g/mol. The van der Waals surface area contributed by atoms with Gasteiger partial charge in [0.25, 0.3) is 17.2 Å². The quantitative estimate of drug-likeness (QED) is 0.450. The Morgan fingerprint density at radius 3 is 2.71 bits per heavy atom. The zero-order valence-electron chi connectivity index (χ0n) is 11.9. The van der Waals surface area contributed by atoms with Crippen LogP contribution in [-0.4, -0.2) is 28.4 Å². The summed E-state index contributed by atoms with van der Waals surface area (Å²) in [6, 6.07) is 6.50. The average Bonchev–Trinajstić information content (AvgIpc) is 2.54. The van der Waals surface area contributed by atoms with Crippen molar-refractivity contribution < 1.29 is 19.2 Å². The maximum Gasteiger partial charge on any atom is 0.344 e. The van der Waals surface area contributed by atoms with E-state index in [4.69, 9.17) is 4.74 Å². The van der Waals surface area contributed by atoms with Gasteiger partial charge in [-0.25, -0.2) is 4.79 Å². The Kier molecular flexibility index (Phi) is 5.42. The summed E-state index contributed by atoms with van der Waals surface area (Å²) < 4.78 is 5.05. The molecule has 0 fully saturated rings. The van der Waals surface area contributed by atoms with Crippen LogP contribution in [-0.2, 0) is 9.53 Å². The molecule has 124 valence electrons. The molecule has 2 aromatic rings. The topological polar surface area (TPSA) is 131 Å². The molecule has 1 aromatic heterocycles. The number of nitro groups is 1. The monoisotopic (exact) mass is 395 g/mol. The molecular weight excluding hydrogens is 386 g/mol. The number of ether oxygens (including phenoxy) is 1. The van der Waals surface area contributed by atoms with Crippen LogP contribution in [0, 0.1) is 10.1 Å². The predicted octanol–water partition coefficient (Wildman–Crippen LogP) is 1.84. The Hall–Kier alpha value is -3.01. The van der Waals surface area contributed by atoms with Gasteiger partial charge in [0.1, 0.15) is 5.56 Å². The maximum absolute atomic E-state index is 11.8. The number of hydrogen-bond acceptors (Lipinski definition) is 6. The number of carbonyl (C=O) groups excluding carboxylic acids is 2. The fourth-order valence-corrected chi connectivity index (χ4v) is 2.16. The number of aromatic nitrogens is 1. The van der Waals surface area contributed by atoms with Crippen LogP contribution >= 0.6 is 15.9 Å². The molecule has 0 radical (unpaired) electrons. The van der Waals surface area contributed by atoms with Gasteiger partial charge in [0.2, 0.25) is 0 Å². The number of aromatic amines is 1. The lowest BCUT2D eigenvalue weighted by molar-refractivity contribution is -0.384. The van der Waals surface area contributed by atoms with Crippen LogP contribution in [0.2, 0.25) is 0 Å². The summed E-state index contributed by atoms with van der Waals surface area (Å²) in [5.74, 6) is -1.60. The van der Waals surface area contributed by atoms with E-state index in [1.807, 2.05) is 0 Å². The molecule has 0 bridgehead atoms. The number of nitrogens with zero attached hydrogens (tertiary/aromatic N) is 1. The first kappa shape index (κ1) is 17.3. The number of hydrogen-bond donors (Lipinski definition) is 2. The highest BCUT2D eigenvalue weighted by Crippen LogP contribution is 2.26. The van der Waals surface area contributed by atoms with E-state index < -0.39 is 29.0 Å². The van der Waals surface area contributed by atoms with Crippen molar-refractivity contribution in [2.45, 2.75) is 0 Å². The minimum absolute atomic E-state index is 0.144. The van der Waals surface area contributed by atoms with Crippen molar-refractivity contribution in [1.29, 1.82) is 0 Å². The van der Waals surface area contributed by atoms with Gasteiger partial charge in [0.15, 0.2) is 6.61 Å². The SMILES string of the molecule is O=C(COC(=O)c1ccc[nH]c1=O)Nc1ccc([N+](=O)[O-])cc1Br. The Labute approximate surface area is 142 Å². The van der Waals surface area contributed by atoms with E-state index in [-0.39, 0.29) is 16.9 Å². The van der Waals surface area contributed by atoms with Gasteiger partial charge < -0.3 is 15.0 Å².